The average Bonchev–Trinajstić information content (AvgIpc) is 2.65. The Hall–Kier alpha value is -2.74. The highest BCUT2D eigenvalue weighted by Gasteiger charge is 2.11. The fraction of sp³-hybridized carbons (Fsp3) is 0.450. The first-order valence-corrected chi connectivity index (χ1v) is 9.08. The molecule has 0 amide bonds. The van der Waals surface area contributed by atoms with Crippen molar-refractivity contribution in [2.75, 3.05) is 26.7 Å². The Morgan fingerprint density at radius 1 is 1.14 bits per heavy atom. The van der Waals surface area contributed by atoms with Gasteiger partial charge in [-0.05, 0) is 51.6 Å². The van der Waals surface area contributed by atoms with E-state index in [2.05, 4.69) is 4.90 Å². The van der Waals surface area contributed by atoms with Crippen molar-refractivity contribution in [1.29, 1.82) is 0 Å². The van der Waals surface area contributed by atoms with Crippen molar-refractivity contribution < 1.29 is 13.9 Å². The van der Waals surface area contributed by atoms with Crippen LogP contribution in [0, 0.1) is 5.82 Å². The van der Waals surface area contributed by atoms with E-state index >= 15 is 0 Å². The SMILES string of the molecule is CC(=O)c1cc(F)ccc1OCCN(C)CCCc1cc(=O)n(C)c(=O)n1C. The standard InChI is InChI=1S/C20H26FN3O4/c1-14(25)17-12-15(21)7-8-18(17)28-11-10-22(2)9-5-6-16-13-19(26)24(4)20(27)23(16)3/h7-8,12-13H,5-6,9-11H2,1-4H3. The molecule has 0 bridgehead atoms. The van der Waals surface area contributed by atoms with Crippen molar-refractivity contribution in [3.05, 3.63) is 62.2 Å². The maximum Gasteiger partial charge on any atom is 0.330 e. The van der Waals surface area contributed by atoms with Crippen LogP contribution in [0.3, 0.4) is 0 Å². The molecule has 0 aliphatic heterocycles. The number of halogens is 1. The largest absolute Gasteiger partial charge is 0.491 e. The molecule has 0 radical (unpaired) electrons. The highest BCUT2D eigenvalue weighted by molar-refractivity contribution is 5.96. The number of likely N-dealkylation sites (N-methyl/N-ethyl adjacent to an activating group) is 1. The quantitative estimate of drug-likeness (QED) is 0.604. The Balaban J connectivity index is 1.83. The number of ketones is 1. The van der Waals surface area contributed by atoms with Gasteiger partial charge in [-0.15, -0.1) is 0 Å². The van der Waals surface area contributed by atoms with Crippen LogP contribution in [0.15, 0.2) is 33.9 Å². The maximum absolute atomic E-state index is 13.3. The number of carbonyl (C=O) groups is 1. The number of aromatic nitrogens is 2. The fourth-order valence-electron chi connectivity index (χ4n) is 2.87. The molecule has 0 spiro atoms. The topological polar surface area (TPSA) is 73.5 Å². The Labute approximate surface area is 163 Å². The summed E-state index contributed by atoms with van der Waals surface area (Å²) in [6.07, 6.45) is 1.38. The first-order valence-electron chi connectivity index (χ1n) is 9.08. The van der Waals surface area contributed by atoms with E-state index in [1.165, 1.54) is 42.8 Å². The van der Waals surface area contributed by atoms with E-state index in [1.54, 1.807) is 7.05 Å². The van der Waals surface area contributed by atoms with E-state index in [0.717, 1.165) is 17.5 Å². The van der Waals surface area contributed by atoms with Crippen LogP contribution in [0.25, 0.3) is 0 Å². The highest BCUT2D eigenvalue weighted by atomic mass is 19.1. The summed E-state index contributed by atoms with van der Waals surface area (Å²) >= 11 is 0. The van der Waals surface area contributed by atoms with Crippen molar-refractivity contribution in [2.24, 2.45) is 14.1 Å². The van der Waals surface area contributed by atoms with Gasteiger partial charge in [-0.3, -0.25) is 14.2 Å². The Kier molecular flexibility index (Phi) is 7.28. The molecule has 0 fully saturated rings. The van der Waals surface area contributed by atoms with Crippen molar-refractivity contribution in [1.82, 2.24) is 14.0 Å². The molecule has 0 aliphatic carbocycles. The van der Waals surface area contributed by atoms with Gasteiger partial charge in [-0.1, -0.05) is 0 Å². The summed E-state index contributed by atoms with van der Waals surface area (Å²) < 4.78 is 21.5. The molecule has 28 heavy (non-hydrogen) atoms. The Morgan fingerprint density at radius 3 is 2.54 bits per heavy atom. The Bertz CT molecular complexity index is 965. The monoisotopic (exact) mass is 391 g/mol. The van der Waals surface area contributed by atoms with Crippen LogP contribution in [-0.4, -0.2) is 46.6 Å². The van der Waals surface area contributed by atoms with Gasteiger partial charge in [-0.25, -0.2) is 9.18 Å². The molecular weight excluding hydrogens is 365 g/mol. The number of hydrogen-bond donors (Lipinski definition) is 0. The molecule has 1 aromatic carbocycles. The third kappa shape index (κ3) is 5.39. The van der Waals surface area contributed by atoms with Crippen LogP contribution in [0.4, 0.5) is 4.39 Å². The third-order valence-corrected chi connectivity index (χ3v) is 4.65. The highest BCUT2D eigenvalue weighted by Crippen LogP contribution is 2.20. The number of rotatable bonds is 9. The van der Waals surface area contributed by atoms with Gasteiger partial charge in [0.15, 0.2) is 5.78 Å². The summed E-state index contributed by atoms with van der Waals surface area (Å²) in [5, 5.41) is 0. The molecule has 0 aliphatic rings. The summed E-state index contributed by atoms with van der Waals surface area (Å²) in [7, 11) is 5.05. The van der Waals surface area contributed by atoms with Gasteiger partial charge in [-0.2, -0.15) is 0 Å². The fourth-order valence-corrected chi connectivity index (χ4v) is 2.87. The van der Waals surface area contributed by atoms with Crippen LogP contribution < -0.4 is 16.0 Å². The molecular formula is C20H26FN3O4. The van der Waals surface area contributed by atoms with Gasteiger partial charge in [0.25, 0.3) is 5.56 Å². The third-order valence-electron chi connectivity index (χ3n) is 4.65. The molecule has 2 aromatic rings. The number of ether oxygens (including phenoxy) is 1. The van der Waals surface area contributed by atoms with E-state index in [4.69, 9.17) is 4.74 Å². The second-order valence-corrected chi connectivity index (χ2v) is 6.83. The number of hydrogen-bond acceptors (Lipinski definition) is 5. The number of carbonyl (C=O) groups excluding carboxylic acids is 1. The molecule has 0 atom stereocenters. The molecule has 1 heterocycles. The summed E-state index contributed by atoms with van der Waals surface area (Å²) in [4.78, 5) is 37.3. The normalized spacial score (nSPS) is 11.1. The number of nitrogens with zero attached hydrogens (tertiary/aromatic N) is 3. The van der Waals surface area contributed by atoms with Gasteiger partial charge >= 0.3 is 5.69 Å². The first kappa shape index (κ1) is 21.6. The van der Waals surface area contributed by atoms with Gasteiger partial charge in [0.1, 0.15) is 18.2 Å². The zero-order valence-corrected chi connectivity index (χ0v) is 16.7. The van der Waals surface area contributed by atoms with Gasteiger partial charge < -0.3 is 14.2 Å². The average molecular weight is 391 g/mol. The molecule has 1 aromatic heterocycles. The number of Topliss-reactive ketones (excluding diaryl/α,β-unsaturated/α-hetero) is 1. The summed E-state index contributed by atoms with van der Waals surface area (Å²) in [5.74, 6) is -0.347. The molecule has 8 heteroatoms. The number of benzene rings is 1. The molecule has 0 N–H and O–H groups in total. The van der Waals surface area contributed by atoms with E-state index in [-0.39, 0.29) is 22.6 Å². The predicted octanol–water partition coefficient (Wildman–Crippen LogP) is 1.37. The van der Waals surface area contributed by atoms with Gasteiger partial charge in [0.05, 0.1) is 5.56 Å². The summed E-state index contributed by atoms with van der Waals surface area (Å²) in [6, 6.07) is 5.39. The van der Waals surface area contributed by atoms with Crippen molar-refractivity contribution in [3.63, 3.8) is 0 Å². The second kappa shape index (κ2) is 9.45. The zero-order valence-electron chi connectivity index (χ0n) is 16.7. The van der Waals surface area contributed by atoms with Crippen molar-refractivity contribution in [3.8, 4) is 5.75 Å². The maximum atomic E-state index is 13.3. The van der Waals surface area contributed by atoms with Crippen LogP contribution in [-0.2, 0) is 20.5 Å². The lowest BCUT2D eigenvalue weighted by molar-refractivity contribution is 0.101. The van der Waals surface area contributed by atoms with Crippen LogP contribution >= 0.6 is 0 Å². The van der Waals surface area contributed by atoms with Crippen LogP contribution in [0.2, 0.25) is 0 Å². The molecule has 152 valence electrons. The summed E-state index contributed by atoms with van der Waals surface area (Å²) in [5.41, 5.74) is 0.301. The van der Waals surface area contributed by atoms with E-state index in [0.29, 0.717) is 31.0 Å². The lowest BCUT2D eigenvalue weighted by atomic mass is 10.1. The molecule has 2 rings (SSSR count). The molecule has 0 unspecified atom stereocenters. The van der Waals surface area contributed by atoms with Crippen LogP contribution in [0.1, 0.15) is 29.4 Å². The van der Waals surface area contributed by atoms with E-state index in [1.807, 2.05) is 7.05 Å². The predicted molar refractivity (Wildman–Crippen MR) is 105 cm³/mol. The lowest BCUT2D eigenvalue weighted by Crippen LogP contribution is -2.38. The molecule has 0 saturated heterocycles. The minimum Gasteiger partial charge on any atom is -0.491 e. The number of aryl methyl sites for hydroxylation is 1. The van der Waals surface area contributed by atoms with Crippen molar-refractivity contribution in [2.45, 2.75) is 19.8 Å². The summed E-state index contributed by atoms with van der Waals surface area (Å²) in [6.45, 7) is 3.09. The van der Waals surface area contributed by atoms with Crippen molar-refractivity contribution >= 4 is 5.78 Å². The smallest absolute Gasteiger partial charge is 0.330 e. The molecule has 7 nitrogen and oxygen atoms in total. The lowest BCUT2D eigenvalue weighted by Gasteiger charge is -2.18. The minimum absolute atomic E-state index is 0.231. The Morgan fingerprint density at radius 2 is 1.86 bits per heavy atom. The van der Waals surface area contributed by atoms with E-state index < -0.39 is 5.82 Å². The van der Waals surface area contributed by atoms with Gasteiger partial charge in [0.2, 0.25) is 0 Å². The first-order chi connectivity index (χ1) is 13.2. The molecule has 0 saturated carbocycles. The second-order valence-electron chi connectivity index (χ2n) is 6.83. The zero-order chi connectivity index (χ0) is 20.8. The van der Waals surface area contributed by atoms with Gasteiger partial charge in [0, 0.05) is 32.4 Å². The minimum atomic E-state index is -0.472. The van der Waals surface area contributed by atoms with Crippen LogP contribution in [0.5, 0.6) is 5.75 Å². The van der Waals surface area contributed by atoms with E-state index in [9.17, 15) is 18.8 Å².